The Labute approximate surface area is 99.2 Å². The molecule has 4 amide bonds. The highest BCUT2D eigenvalue weighted by molar-refractivity contribution is 6.08. The second kappa shape index (κ2) is 4.70. The molecule has 0 aromatic carbocycles. The minimum atomic E-state index is -0.971. The summed E-state index contributed by atoms with van der Waals surface area (Å²) in [6, 6.07) is -0.577. The zero-order valence-electron chi connectivity index (χ0n) is 10.1. The summed E-state index contributed by atoms with van der Waals surface area (Å²) in [6.07, 6.45) is -0.668. The monoisotopic (exact) mass is 243 g/mol. The largest absolute Gasteiger partial charge is 0.392 e. The fourth-order valence-corrected chi connectivity index (χ4v) is 1.42. The van der Waals surface area contributed by atoms with Gasteiger partial charge in [0.1, 0.15) is 12.1 Å². The fourth-order valence-electron chi connectivity index (χ4n) is 1.42. The summed E-state index contributed by atoms with van der Waals surface area (Å²) in [7, 11) is 0. The molecule has 1 aliphatic heterocycles. The third kappa shape index (κ3) is 3.16. The molecule has 96 valence electrons. The minimum absolute atomic E-state index is 0.0892. The zero-order valence-corrected chi connectivity index (χ0v) is 10.1. The Kier molecular flexibility index (Phi) is 3.72. The molecule has 0 saturated carbocycles. The number of nitrogens with zero attached hydrogens (tertiary/aromatic N) is 1. The van der Waals surface area contributed by atoms with E-state index in [-0.39, 0.29) is 13.1 Å². The Bertz CT molecular complexity index is 351. The van der Waals surface area contributed by atoms with Crippen molar-refractivity contribution >= 4 is 17.8 Å². The van der Waals surface area contributed by atoms with Crippen LogP contribution in [0.4, 0.5) is 4.79 Å². The van der Waals surface area contributed by atoms with Gasteiger partial charge in [-0.05, 0) is 20.8 Å². The maximum atomic E-state index is 11.7. The van der Waals surface area contributed by atoms with Crippen molar-refractivity contribution in [2.45, 2.75) is 32.4 Å². The van der Waals surface area contributed by atoms with E-state index < -0.39 is 29.5 Å². The number of aliphatic hydroxyl groups is 1. The highest BCUT2D eigenvalue weighted by Crippen LogP contribution is 2.15. The molecule has 1 saturated heterocycles. The van der Waals surface area contributed by atoms with Crippen LogP contribution >= 0.6 is 0 Å². The normalized spacial score (nSPS) is 20.1. The molecule has 0 spiro atoms. The van der Waals surface area contributed by atoms with Crippen molar-refractivity contribution in [2.75, 3.05) is 13.1 Å². The van der Waals surface area contributed by atoms with Crippen LogP contribution in [0.25, 0.3) is 0 Å². The molecule has 0 aliphatic carbocycles. The molecule has 0 radical (unpaired) electrons. The molecule has 0 aromatic rings. The Hall–Kier alpha value is -1.63. The molecule has 1 heterocycles. The molecule has 1 fully saturated rings. The third-order valence-corrected chi connectivity index (χ3v) is 2.34. The smallest absolute Gasteiger partial charge is 0.325 e. The van der Waals surface area contributed by atoms with Gasteiger partial charge in [-0.1, -0.05) is 0 Å². The van der Waals surface area contributed by atoms with Crippen molar-refractivity contribution in [3.8, 4) is 0 Å². The van der Waals surface area contributed by atoms with Gasteiger partial charge in [-0.25, -0.2) is 4.79 Å². The highest BCUT2D eigenvalue weighted by atomic mass is 16.3. The molecule has 3 N–H and O–H groups in total. The van der Waals surface area contributed by atoms with Gasteiger partial charge in [0, 0.05) is 6.54 Å². The van der Waals surface area contributed by atoms with Crippen LogP contribution in [0.5, 0.6) is 0 Å². The molecule has 7 nitrogen and oxygen atoms in total. The fraction of sp³-hybridized carbons (Fsp3) is 0.700. The van der Waals surface area contributed by atoms with Crippen molar-refractivity contribution in [3.05, 3.63) is 0 Å². The van der Waals surface area contributed by atoms with E-state index in [1.165, 1.54) is 6.92 Å². The second-order valence-corrected chi connectivity index (χ2v) is 4.60. The topological polar surface area (TPSA) is 98.7 Å². The van der Waals surface area contributed by atoms with E-state index >= 15 is 0 Å². The summed E-state index contributed by atoms with van der Waals surface area (Å²) < 4.78 is 0. The van der Waals surface area contributed by atoms with Gasteiger partial charge in [0.15, 0.2) is 0 Å². The van der Waals surface area contributed by atoms with Gasteiger partial charge in [-0.2, -0.15) is 0 Å². The third-order valence-electron chi connectivity index (χ3n) is 2.34. The van der Waals surface area contributed by atoms with Crippen molar-refractivity contribution < 1.29 is 19.5 Å². The summed E-state index contributed by atoms with van der Waals surface area (Å²) in [4.78, 5) is 35.4. The molecule has 1 aliphatic rings. The molecule has 7 heteroatoms. The Morgan fingerprint density at radius 2 is 2.12 bits per heavy atom. The average molecular weight is 243 g/mol. The molecular weight excluding hydrogens is 226 g/mol. The molecular formula is C10H17N3O4. The van der Waals surface area contributed by atoms with Crippen molar-refractivity contribution in [2.24, 2.45) is 0 Å². The predicted octanol–water partition coefficient (Wildman–Crippen LogP) is -1.19. The number of hydrogen-bond donors (Lipinski definition) is 3. The molecule has 1 rings (SSSR count). The first-order chi connectivity index (χ1) is 7.74. The van der Waals surface area contributed by atoms with Gasteiger partial charge in [-0.15, -0.1) is 0 Å². The Morgan fingerprint density at radius 1 is 1.53 bits per heavy atom. The van der Waals surface area contributed by atoms with E-state index in [2.05, 4.69) is 10.6 Å². The van der Waals surface area contributed by atoms with Crippen LogP contribution in [0.1, 0.15) is 20.8 Å². The summed E-state index contributed by atoms with van der Waals surface area (Å²) in [5, 5.41) is 13.9. The number of imide groups is 1. The SMILES string of the molecule is C[C@@H](O)CNC(=O)CN1C(=O)NC(C)(C)C1=O. The van der Waals surface area contributed by atoms with Gasteiger partial charge < -0.3 is 15.7 Å². The Balaban J connectivity index is 2.55. The summed E-state index contributed by atoms with van der Waals surface area (Å²) in [5.74, 6) is -0.915. The van der Waals surface area contributed by atoms with Gasteiger partial charge in [0.05, 0.1) is 6.10 Å². The van der Waals surface area contributed by atoms with Crippen molar-refractivity contribution in [1.82, 2.24) is 15.5 Å². The van der Waals surface area contributed by atoms with Crippen LogP contribution in [0.15, 0.2) is 0 Å². The van der Waals surface area contributed by atoms with E-state index in [1.807, 2.05) is 0 Å². The van der Waals surface area contributed by atoms with Crippen LogP contribution < -0.4 is 10.6 Å². The van der Waals surface area contributed by atoms with Gasteiger partial charge >= 0.3 is 6.03 Å². The number of aliphatic hydroxyl groups excluding tert-OH is 1. The number of carbonyl (C=O) groups is 3. The van der Waals surface area contributed by atoms with Crippen LogP contribution in [0.3, 0.4) is 0 Å². The maximum Gasteiger partial charge on any atom is 0.325 e. The van der Waals surface area contributed by atoms with Crippen LogP contribution in [0.2, 0.25) is 0 Å². The number of hydrogen-bond acceptors (Lipinski definition) is 4. The van der Waals surface area contributed by atoms with Crippen molar-refractivity contribution in [1.29, 1.82) is 0 Å². The highest BCUT2D eigenvalue weighted by Gasteiger charge is 2.44. The van der Waals surface area contributed by atoms with E-state index in [0.29, 0.717) is 0 Å². The average Bonchev–Trinajstić information content (AvgIpc) is 2.38. The Morgan fingerprint density at radius 3 is 2.53 bits per heavy atom. The molecule has 1 atom stereocenters. The first-order valence-electron chi connectivity index (χ1n) is 5.33. The minimum Gasteiger partial charge on any atom is -0.392 e. The van der Waals surface area contributed by atoms with E-state index in [4.69, 9.17) is 5.11 Å². The molecule has 0 bridgehead atoms. The lowest BCUT2D eigenvalue weighted by Crippen LogP contribution is -2.44. The maximum absolute atomic E-state index is 11.7. The second-order valence-electron chi connectivity index (χ2n) is 4.60. The van der Waals surface area contributed by atoms with E-state index in [0.717, 1.165) is 4.90 Å². The number of rotatable bonds is 4. The lowest BCUT2D eigenvalue weighted by atomic mass is 10.1. The van der Waals surface area contributed by atoms with Crippen molar-refractivity contribution in [3.63, 3.8) is 0 Å². The van der Waals surface area contributed by atoms with Gasteiger partial charge in [0.2, 0.25) is 5.91 Å². The van der Waals surface area contributed by atoms with Gasteiger partial charge in [0.25, 0.3) is 5.91 Å². The van der Waals surface area contributed by atoms with Crippen LogP contribution in [-0.4, -0.2) is 52.6 Å². The quantitative estimate of drug-likeness (QED) is 0.541. The molecule has 17 heavy (non-hydrogen) atoms. The number of carbonyl (C=O) groups excluding carboxylic acids is 3. The zero-order chi connectivity index (χ0) is 13.2. The first-order valence-corrected chi connectivity index (χ1v) is 5.33. The van der Waals surface area contributed by atoms with Crippen LogP contribution in [-0.2, 0) is 9.59 Å². The molecule has 0 aromatic heterocycles. The number of urea groups is 1. The standard InChI is InChI=1S/C10H17N3O4/c1-6(14)4-11-7(15)5-13-8(16)10(2,3)12-9(13)17/h6,14H,4-5H2,1-3H3,(H,11,15)(H,12,17)/t6-/m1/s1. The van der Waals surface area contributed by atoms with E-state index in [9.17, 15) is 14.4 Å². The lowest BCUT2D eigenvalue weighted by Gasteiger charge is -2.15. The number of amides is 4. The number of nitrogens with one attached hydrogen (secondary N) is 2. The summed E-state index contributed by atoms with van der Waals surface area (Å²) in [6.45, 7) is 4.42. The summed E-state index contributed by atoms with van der Waals surface area (Å²) in [5.41, 5.74) is -0.971. The first kappa shape index (κ1) is 13.4. The summed E-state index contributed by atoms with van der Waals surface area (Å²) >= 11 is 0. The lowest BCUT2D eigenvalue weighted by molar-refractivity contribution is -0.134. The van der Waals surface area contributed by atoms with E-state index in [1.54, 1.807) is 13.8 Å². The predicted molar refractivity (Wildman–Crippen MR) is 59.0 cm³/mol. The van der Waals surface area contributed by atoms with Crippen LogP contribution in [0, 0.1) is 0 Å². The van der Waals surface area contributed by atoms with Gasteiger partial charge in [-0.3, -0.25) is 14.5 Å². The molecule has 0 unspecified atom stereocenters.